The van der Waals surface area contributed by atoms with Crippen molar-refractivity contribution in [2.24, 2.45) is 0 Å². The highest BCUT2D eigenvalue weighted by atomic mass is 16.1. The highest BCUT2D eigenvalue weighted by molar-refractivity contribution is 5.83. The van der Waals surface area contributed by atoms with Crippen LogP contribution in [0.25, 0.3) is 10.8 Å². The maximum absolute atomic E-state index is 11.0. The molecule has 0 aliphatic rings. The lowest BCUT2D eigenvalue weighted by Crippen LogP contribution is -2.26. The number of likely N-dealkylation sites (N-methyl/N-ethyl adjacent to an activating group) is 1. The van der Waals surface area contributed by atoms with E-state index in [0.717, 1.165) is 13.0 Å². The molecular formula is C16H19NO. The standard InChI is InChI=1S/C16H19NO/c1-13(18)12-17(2)10-9-14-7-8-15-5-3-4-6-16(15)11-14/h3-8,11H,9-10,12H2,1-2H3. The monoisotopic (exact) mass is 241 g/mol. The van der Waals surface area contributed by atoms with Crippen molar-refractivity contribution in [2.45, 2.75) is 13.3 Å². The van der Waals surface area contributed by atoms with Crippen molar-refractivity contribution in [3.05, 3.63) is 48.0 Å². The van der Waals surface area contributed by atoms with Crippen LogP contribution < -0.4 is 0 Å². The third-order valence-corrected chi connectivity index (χ3v) is 3.09. The summed E-state index contributed by atoms with van der Waals surface area (Å²) in [6.45, 7) is 3.08. The van der Waals surface area contributed by atoms with Gasteiger partial charge in [0.15, 0.2) is 0 Å². The fourth-order valence-corrected chi connectivity index (χ4v) is 2.17. The lowest BCUT2D eigenvalue weighted by molar-refractivity contribution is -0.117. The zero-order valence-corrected chi connectivity index (χ0v) is 11.0. The van der Waals surface area contributed by atoms with E-state index in [-0.39, 0.29) is 5.78 Å². The summed E-state index contributed by atoms with van der Waals surface area (Å²) < 4.78 is 0. The topological polar surface area (TPSA) is 20.3 Å². The van der Waals surface area contributed by atoms with E-state index in [9.17, 15) is 4.79 Å². The molecule has 2 nitrogen and oxygen atoms in total. The first kappa shape index (κ1) is 12.8. The number of Topliss-reactive ketones (excluding diaryl/α,β-unsaturated/α-hetero) is 1. The van der Waals surface area contributed by atoms with Crippen LogP contribution in [0.15, 0.2) is 42.5 Å². The molecule has 0 bridgehead atoms. The highest BCUT2D eigenvalue weighted by Gasteiger charge is 2.02. The summed E-state index contributed by atoms with van der Waals surface area (Å²) in [6.07, 6.45) is 0.981. The molecule has 0 fully saturated rings. The van der Waals surface area contributed by atoms with Crippen LogP contribution in [0, 0.1) is 0 Å². The number of ketones is 1. The molecule has 0 saturated carbocycles. The quantitative estimate of drug-likeness (QED) is 0.802. The van der Waals surface area contributed by atoms with Gasteiger partial charge in [-0.1, -0.05) is 42.5 Å². The molecule has 2 aromatic rings. The van der Waals surface area contributed by atoms with E-state index in [1.807, 2.05) is 7.05 Å². The summed E-state index contributed by atoms with van der Waals surface area (Å²) in [5, 5.41) is 2.56. The van der Waals surface area contributed by atoms with E-state index in [0.29, 0.717) is 6.54 Å². The molecule has 0 atom stereocenters. The van der Waals surface area contributed by atoms with Crippen LogP contribution in [-0.4, -0.2) is 30.8 Å². The zero-order chi connectivity index (χ0) is 13.0. The minimum Gasteiger partial charge on any atom is -0.299 e. The Balaban J connectivity index is 2.01. The van der Waals surface area contributed by atoms with E-state index in [2.05, 4.69) is 47.4 Å². The van der Waals surface area contributed by atoms with Crippen LogP contribution in [0.4, 0.5) is 0 Å². The van der Waals surface area contributed by atoms with Crippen molar-refractivity contribution in [2.75, 3.05) is 20.1 Å². The molecule has 0 aromatic heterocycles. The maximum atomic E-state index is 11.0. The fourth-order valence-electron chi connectivity index (χ4n) is 2.17. The van der Waals surface area contributed by atoms with Crippen LogP contribution in [0.3, 0.4) is 0 Å². The smallest absolute Gasteiger partial charge is 0.143 e. The van der Waals surface area contributed by atoms with Crippen LogP contribution in [-0.2, 0) is 11.2 Å². The summed E-state index contributed by atoms with van der Waals surface area (Å²) in [5.41, 5.74) is 1.32. The third kappa shape index (κ3) is 3.41. The lowest BCUT2D eigenvalue weighted by atomic mass is 10.1. The predicted octanol–water partition coefficient (Wildman–Crippen LogP) is 2.90. The average Bonchev–Trinajstić information content (AvgIpc) is 2.35. The number of rotatable bonds is 5. The lowest BCUT2D eigenvalue weighted by Gasteiger charge is -2.14. The fraction of sp³-hybridized carbons (Fsp3) is 0.312. The van der Waals surface area contributed by atoms with Crippen molar-refractivity contribution >= 4 is 16.6 Å². The molecular weight excluding hydrogens is 222 g/mol. The Morgan fingerprint density at radius 1 is 1.11 bits per heavy atom. The van der Waals surface area contributed by atoms with Gasteiger partial charge < -0.3 is 0 Å². The van der Waals surface area contributed by atoms with Gasteiger partial charge in [0, 0.05) is 6.54 Å². The Labute approximate surface area is 108 Å². The van der Waals surface area contributed by atoms with Crippen molar-refractivity contribution in [3.8, 4) is 0 Å². The van der Waals surface area contributed by atoms with Gasteiger partial charge in [0.05, 0.1) is 6.54 Å². The normalized spacial score (nSPS) is 11.1. The van der Waals surface area contributed by atoms with Gasteiger partial charge in [0.1, 0.15) is 5.78 Å². The second kappa shape index (κ2) is 5.78. The minimum atomic E-state index is 0.219. The van der Waals surface area contributed by atoms with Crippen LogP contribution >= 0.6 is 0 Å². The number of benzene rings is 2. The molecule has 0 amide bonds. The van der Waals surface area contributed by atoms with Crippen molar-refractivity contribution in [1.82, 2.24) is 4.90 Å². The highest BCUT2D eigenvalue weighted by Crippen LogP contribution is 2.15. The molecule has 0 unspecified atom stereocenters. The molecule has 0 spiro atoms. The summed E-state index contributed by atoms with van der Waals surface area (Å²) in [5.74, 6) is 0.219. The first-order valence-electron chi connectivity index (χ1n) is 6.31. The Kier molecular flexibility index (Phi) is 4.11. The van der Waals surface area contributed by atoms with Crippen LogP contribution in [0.1, 0.15) is 12.5 Å². The van der Waals surface area contributed by atoms with E-state index in [4.69, 9.17) is 0 Å². The molecule has 0 aliphatic carbocycles. The van der Waals surface area contributed by atoms with Gasteiger partial charge in [-0.15, -0.1) is 0 Å². The van der Waals surface area contributed by atoms with Crippen molar-refractivity contribution in [1.29, 1.82) is 0 Å². The van der Waals surface area contributed by atoms with E-state index in [1.165, 1.54) is 16.3 Å². The number of carbonyl (C=O) groups excluding carboxylic acids is 1. The van der Waals surface area contributed by atoms with Gasteiger partial charge in [-0.2, -0.15) is 0 Å². The molecule has 0 radical (unpaired) electrons. The number of hydrogen-bond donors (Lipinski definition) is 0. The molecule has 0 aliphatic heterocycles. The predicted molar refractivity (Wildman–Crippen MR) is 75.8 cm³/mol. The van der Waals surface area contributed by atoms with E-state index < -0.39 is 0 Å². The Hall–Kier alpha value is -1.67. The second-order valence-electron chi connectivity index (χ2n) is 4.87. The first-order chi connectivity index (χ1) is 8.65. The van der Waals surface area contributed by atoms with Gasteiger partial charge in [-0.05, 0) is 36.7 Å². The van der Waals surface area contributed by atoms with Crippen LogP contribution in [0.5, 0.6) is 0 Å². The Morgan fingerprint density at radius 3 is 2.56 bits per heavy atom. The van der Waals surface area contributed by atoms with Gasteiger partial charge in [-0.25, -0.2) is 0 Å². The molecule has 2 heteroatoms. The number of nitrogens with zero attached hydrogens (tertiary/aromatic N) is 1. The van der Waals surface area contributed by atoms with Gasteiger partial charge >= 0.3 is 0 Å². The molecule has 2 rings (SSSR count). The molecule has 0 N–H and O–H groups in total. The zero-order valence-electron chi connectivity index (χ0n) is 11.0. The van der Waals surface area contributed by atoms with Gasteiger partial charge in [0.25, 0.3) is 0 Å². The summed E-state index contributed by atoms with van der Waals surface area (Å²) in [7, 11) is 1.99. The van der Waals surface area contributed by atoms with Gasteiger partial charge in [-0.3, -0.25) is 9.69 Å². The molecule has 94 valence electrons. The van der Waals surface area contributed by atoms with Gasteiger partial charge in [0.2, 0.25) is 0 Å². The van der Waals surface area contributed by atoms with E-state index >= 15 is 0 Å². The molecule has 0 saturated heterocycles. The first-order valence-corrected chi connectivity index (χ1v) is 6.31. The summed E-state index contributed by atoms with van der Waals surface area (Å²) in [4.78, 5) is 13.1. The Morgan fingerprint density at radius 2 is 1.83 bits per heavy atom. The van der Waals surface area contributed by atoms with Crippen molar-refractivity contribution in [3.63, 3.8) is 0 Å². The molecule has 18 heavy (non-hydrogen) atoms. The third-order valence-electron chi connectivity index (χ3n) is 3.09. The largest absolute Gasteiger partial charge is 0.299 e. The minimum absolute atomic E-state index is 0.219. The summed E-state index contributed by atoms with van der Waals surface area (Å²) in [6, 6.07) is 15.0. The molecule has 0 heterocycles. The van der Waals surface area contributed by atoms with E-state index in [1.54, 1.807) is 6.92 Å². The second-order valence-corrected chi connectivity index (χ2v) is 4.87. The Bertz CT molecular complexity index is 548. The number of hydrogen-bond acceptors (Lipinski definition) is 2. The molecule has 2 aromatic carbocycles. The maximum Gasteiger partial charge on any atom is 0.143 e. The SMILES string of the molecule is CC(=O)CN(C)CCc1ccc2ccccc2c1. The summed E-state index contributed by atoms with van der Waals surface area (Å²) >= 11 is 0. The van der Waals surface area contributed by atoms with Crippen LogP contribution in [0.2, 0.25) is 0 Å². The van der Waals surface area contributed by atoms with Crippen molar-refractivity contribution < 1.29 is 4.79 Å². The average molecular weight is 241 g/mol. The number of fused-ring (bicyclic) bond motifs is 1. The number of carbonyl (C=O) groups is 1.